The molecule has 0 saturated carbocycles. The average Bonchev–Trinajstić information content (AvgIpc) is 2.75. The zero-order valence-electron chi connectivity index (χ0n) is 17.0. The van der Waals surface area contributed by atoms with Gasteiger partial charge in [0.1, 0.15) is 0 Å². The second-order valence-electron chi connectivity index (χ2n) is 5.84. The van der Waals surface area contributed by atoms with Gasteiger partial charge in [-0.3, -0.25) is 4.31 Å². The summed E-state index contributed by atoms with van der Waals surface area (Å²) < 4.78 is 61.8. The molecular formula is C20H22FNO7S. The molecule has 8 nitrogen and oxygen atoms in total. The number of rotatable bonds is 9. The molecule has 0 bridgehead atoms. The molecule has 0 spiro atoms. The number of anilines is 1. The van der Waals surface area contributed by atoms with Crippen molar-refractivity contribution >= 4 is 21.7 Å². The van der Waals surface area contributed by atoms with Crippen molar-refractivity contribution in [2.45, 2.75) is 4.90 Å². The molecule has 2 rings (SSSR count). The fourth-order valence-electron chi connectivity index (χ4n) is 2.73. The maximum Gasteiger partial charge on any atom is 0.340 e. The Labute approximate surface area is 174 Å². The van der Waals surface area contributed by atoms with Crippen LogP contribution in [0, 0.1) is 5.82 Å². The summed E-state index contributed by atoms with van der Waals surface area (Å²) in [5.41, 5.74) is -0.134. The maximum atomic E-state index is 14.2. The number of hydrogen-bond donors (Lipinski definition) is 0. The van der Waals surface area contributed by atoms with Crippen LogP contribution >= 0.6 is 0 Å². The highest BCUT2D eigenvalue weighted by molar-refractivity contribution is 7.92. The minimum atomic E-state index is -4.31. The second kappa shape index (κ2) is 9.49. The first-order valence-corrected chi connectivity index (χ1v) is 10.0. The van der Waals surface area contributed by atoms with Gasteiger partial charge in [0.05, 0.1) is 51.1 Å². The molecule has 0 N–H and O–H groups in total. The van der Waals surface area contributed by atoms with Gasteiger partial charge in [0.15, 0.2) is 23.1 Å². The van der Waals surface area contributed by atoms with Gasteiger partial charge in [-0.1, -0.05) is 6.08 Å². The van der Waals surface area contributed by atoms with Gasteiger partial charge in [-0.2, -0.15) is 0 Å². The Hall–Kier alpha value is -3.27. The van der Waals surface area contributed by atoms with E-state index >= 15 is 0 Å². The highest BCUT2D eigenvalue weighted by Crippen LogP contribution is 2.38. The van der Waals surface area contributed by atoms with Crippen LogP contribution in [-0.2, 0) is 14.8 Å². The highest BCUT2D eigenvalue weighted by atomic mass is 32.2. The third-order valence-corrected chi connectivity index (χ3v) is 5.96. The lowest BCUT2D eigenvalue weighted by Crippen LogP contribution is -2.32. The van der Waals surface area contributed by atoms with Crippen LogP contribution in [0.2, 0.25) is 0 Å². The van der Waals surface area contributed by atoms with E-state index < -0.39 is 21.8 Å². The van der Waals surface area contributed by atoms with Crippen LogP contribution in [0.15, 0.2) is 47.9 Å². The number of methoxy groups -OCH3 is 4. The Morgan fingerprint density at radius 3 is 2.13 bits per heavy atom. The molecule has 0 aliphatic carbocycles. The van der Waals surface area contributed by atoms with E-state index in [1.54, 1.807) is 0 Å². The SMILES string of the molecule is C=CCN(c1cc(OC)c(OC)cc1C(=O)OC)S(=O)(=O)c1ccc(OC)c(F)c1. The van der Waals surface area contributed by atoms with Gasteiger partial charge in [-0.15, -0.1) is 6.58 Å². The molecule has 0 saturated heterocycles. The highest BCUT2D eigenvalue weighted by Gasteiger charge is 2.30. The Bertz CT molecular complexity index is 1050. The molecule has 0 aliphatic rings. The van der Waals surface area contributed by atoms with E-state index in [9.17, 15) is 17.6 Å². The first kappa shape index (κ1) is 23.0. The van der Waals surface area contributed by atoms with Crippen molar-refractivity contribution in [2.24, 2.45) is 0 Å². The molecule has 0 aromatic heterocycles. The fourth-order valence-corrected chi connectivity index (χ4v) is 4.18. The monoisotopic (exact) mass is 439 g/mol. The number of nitrogens with zero attached hydrogens (tertiary/aromatic N) is 1. The van der Waals surface area contributed by atoms with Crippen LogP contribution in [0.4, 0.5) is 10.1 Å². The van der Waals surface area contributed by atoms with Gasteiger partial charge in [-0.05, 0) is 18.2 Å². The second-order valence-corrected chi connectivity index (χ2v) is 7.70. The normalized spacial score (nSPS) is 10.8. The number of halogens is 1. The molecule has 162 valence electrons. The van der Waals surface area contributed by atoms with E-state index in [-0.39, 0.29) is 39.9 Å². The van der Waals surface area contributed by atoms with Gasteiger partial charge < -0.3 is 18.9 Å². The zero-order valence-corrected chi connectivity index (χ0v) is 17.8. The maximum absolute atomic E-state index is 14.2. The summed E-state index contributed by atoms with van der Waals surface area (Å²) in [6.07, 6.45) is 1.33. The molecule has 10 heteroatoms. The Morgan fingerprint density at radius 1 is 1.03 bits per heavy atom. The van der Waals surface area contributed by atoms with Crippen LogP contribution in [0.3, 0.4) is 0 Å². The quantitative estimate of drug-likeness (QED) is 0.438. The van der Waals surface area contributed by atoms with E-state index in [1.807, 2.05) is 0 Å². The molecule has 0 radical (unpaired) electrons. The van der Waals surface area contributed by atoms with E-state index in [2.05, 4.69) is 6.58 Å². The van der Waals surface area contributed by atoms with E-state index in [0.29, 0.717) is 0 Å². The molecule has 0 fully saturated rings. The van der Waals surface area contributed by atoms with Crippen LogP contribution in [0.5, 0.6) is 17.2 Å². The van der Waals surface area contributed by atoms with E-state index in [1.165, 1.54) is 51.7 Å². The minimum Gasteiger partial charge on any atom is -0.494 e. The summed E-state index contributed by atoms with van der Waals surface area (Å²) in [7, 11) is 0.855. The number of benzene rings is 2. The largest absolute Gasteiger partial charge is 0.494 e. The third kappa shape index (κ3) is 4.33. The number of hydrogen-bond acceptors (Lipinski definition) is 7. The summed E-state index contributed by atoms with van der Waals surface area (Å²) in [5, 5.41) is 0. The van der Waals surface area contributed by atoms with Gasteiger partial charge in [0, 0.05) is 12.1 Å². The van der Waals surface area contributed by atoms with E-state index in [4.69, 9.17) is 18.9 Å². The first-order valence-electron chi connectivity index (χ1n) is 8.56. The summed E-state index contributed by atoms with van der Waals surface area (Å²) in [6, 6.07) is 5.87. The van der Waals surface area contributed by atoms with Gasteiger partial charge >= 0.3 is 5.97 Å². The molecular weight excluding hydrogens is 417 g/mol. The molecule has 0 aliphatic heterocycles. The summed E-state index contributed by atoms with van der Waals surface area (Å²) in [6.45, 7) is 3.36. The van der Waals surface area contributed by atoms with Crippen molar-refractivity contribution < 1.29 is 36.6 Å². The van der Waals surface area contributed by atoms with Crippen LogP contribution < -0.4 is 18.5 Å². The van der Waals surface area contributed by atoms with E-state index in [0.717, 1.165) is 17.5 Å². The number of ether oxygens (including phenoxy) is 4. The number of carbonyl (C=O) groups excluding carboxylic acids is 1. The molecule has 0 amide bonds. The molecule has 2 aromatic rings. The van der Waals surface area contributed by atoms with Crippen molar-refractivity contribution in [1.82, 2.24) is 0 Å². The standard InChI is InChI=1S/C20H22FNO7S/c1-6-9-22(30(24,25)13-7-8-17(26-2)15(21)10-13)16-12-19(28-4)18(27-3)11-14(16)20(23)29-5/h6-8,10-12H,1,9H2,2-5H3. The molecule has 0 heterocycles. The van der Waals surface area contributed by atoms with Crippen LogP contribution in [0.25, 0.3) is 0 Å². The first-order chi connectivity index (χ1) is 14.2. The Balaban J connectivity index is 2.76. The van der Waals surface area contributed by atoms with Gasteiger partial charge in [0.25, 0.3) is 10.0 Å². The molecule has 0 atom stereocenters. The van der Waals surface area contributed by atoms with Crippen molar-refractivity contribution in [3.05, 3.63) is 54.4 Å². The lowest BCUT2D eigenvalue weighted by atomic mass is 10.1. The van der Waals surface area contributed by atoms with Crippen molar-refractivity contribution in [3.8, 4) is 17.2 Å². The van der Waals surface area contributed by atoms with Crippen LogP contribution in [0.1, 0.15) is 10.4 Å². The minimum absolute atomic E-state index is 0.0457. The zero-order chi connectivity index (χ0) is 22.5. The van der Waals surface area contributed by atoms with Crippen molar-refractivity contribution in [3.63, 3.8) is 0 Å². The predicted octanol–water partition coefficient (Wildman–Crippen LogP) is 3.02. The molecule has 2 aromatic carbocycles. The Kier molecular flexibility index (Phi) is 7.28. The lowest BCUT2D eigenvalue weighted by Gasteiger charge is -2.26. The van der Waals surface area contributed by atoms with Gasteiger partial charge in [-0.25, -0.2) is 17.6 Å². The van der Waals surface area contributed by atoms with Crippen molar-refractivity contribution in [1.29, 1.82) is 0 Å². The lowest BCUT2D eigenvalue weighted by molar-refractivity contribution is 0.0601. The topological polar surface area (TPSA) is 91.4 Å². The number of sulfonamides is 1. The Morgan fingerprint density at radius 2 is 1.63 bits per heavy atom. The smallest absolute Gasteiger partial charge is 0.340 e. The summed E-state index contributed by atoms with van der Waals surface area (Å²) >= 11 is 0. The third-order valence-electron chi connectivity index (χ3n) is 4.18. The fraction of sp³-hybridized carbons (Fsp3) is 0.250. The molecule has 0 unspecified atom stereocenters. The number of esters is 1. The van der Waals surface area contributed by atoms with Gasteiger partial charge in [0.2, 0.25) is 0 Å². The number of carbonyl (C=O) groups is 1. The molecule has 30 heavy (non-hydrogen) atoms. The average molecular weight is 439 g/mol. The van der Waals surface area contributed by atoms with Crippen LogP contribution in [-0.4, -0.2) is 49.4 Å². The summed E-state index contributed by atoms with van der Waals surface area (Å²) in [4.78, 5) is 12.0. The van der Waals surface area contributed by atoms with Crippen molar-refractivity contribution in [2.75, 3.05) is 39.3 Å². The predicted molar refractivity (Wildman–Crippen MR) is 109 cm³/mol. The summed E-state index contributed by atoms with van der Waals surface area (Å²) in [5.74, 6) is -1.36.